The zero-order valence-corrected chi connectivity index (χ0v) is 12.3. The number of carbonyl (C=O) groups is 1. The molecular formula is C16H20F3NO2. The highest BCUT2D eigenvalue weighted by atomic mass is 19.4. The third-order valence-corrected chi connectivity index (χ3v) is 4.06. The van der Waals surface area contributed by atoms with Crippen LogP contribution in [0.15, 0.2) is 24.3 Å². The molecule has 2 rings (SSSR count). The Hall–Kier alpha value is -1.56. The van der Waals surface area contributed by atoms with Crippen molar-refractivity contribution in [2.75, 3.05) is 13.1 Å². The number of benzene rings is 1. The Balaban J connectivity index is 2.25. The minimum absolute atomic E-state index is 0.0442. The van der Waals surface area contributed by atoms with Crippen molar-refractivity contribution in [3.63, 3.8) is 0 Å². The van der Waals surface area contributed by atoms with Crippen molar-refractivity contribution in [2.45, 2.75) is 44.3 Å². The second-order valence-electron chi connectivity index (χ2n) is 5.67. The summed E-state index contributed by atoms with van der Waals surface area (Å²) in [6, 6.07) is 5.00. The number of likely N-dealkylation sites (tertiary alicyclic amines) is 1. The fraction of sp³-hybridized carbons (Fsp3) is 0.562. The molecule has 0 bridgehead atoms. The summed E-state index contributed by atoms with van der Waals surface area (Å²) in [6.07, 6.45) is -0.973. The van der Waals surface area contributed by atoms with Crippen LogP contribution in [-0.4, -0.2) is 29.1 Å². The van der Waals surface area contributed by atoms with Crippen LogP contribution in [0.25, 0.3) is 0 Å². The van der Waals surface area contributed by atoms with E-state index in [9.17, 15) is 18.0 Å². The Morgan fingerprint density at radius 1 is 1.23 bits per heavy atom. The van der Waals surface area contributed by atoms with E-state index >= 15 is 0 Å². The van der Waals surface area contributed by atoms with E-state index in [4.69, 9.17) is 5.11 Å². The predicted molar refractivity (Wildman–Crippen MR) is 76.5 cm³/mol. The molecule has 1 aromatic carbocycles. The number of piperidine rings is 1. The van der Waals surface area contributed by atoms with Crippen LogP contribution in [0.1, 0.15) is 49.3 Å². The number of hydrogen-bond acceptors (Lipinski definition) is 2. The summed E-state index contributed by atoms with van der Waals surface area (Å²) < 4.78 is 38.6. The van der Waals surface area contributed by atoms with Gasteiger partial charge in [-0.1, -0.05) is 18.6 Å². The van der Waals surface area contributed by atoms with Gasteiger partial charge in [0, 0.05) is 12.5 Å². The molecule has 0 aromatic heterocycles. The van der Waals surface area contributed by atoms with Crippen LogP contribution in [-0.2, 0) is 11.0 Å². The summed E-state index contributed by atoms with van der Waals surface area (Å²) in [4.78, 5) is 13.0. The van der Waals surface area contributed by atoms with Gasteiger partial charge in [-0.3, -0.25) is 9.69 Å². The molecule has 22 heavy (non-hydrogen) atoms. The third kappa shape index (κ3) is 4.47. The van der Waals surface area contributed by atoms with Crippen LogP contribution in [0.2, 0.25) is 0 Å². The van der Waals surface area contributed by atoms with E-state index in [2.05, 4.69) is 4.90 Å². The number of halogens is 3. The summed E-state index contributed by atoms with van der Waals surface area (Å²) in [5.74, 6) is -0.922. The van der Waals surface area contributed by atoms with Gasteiger partial charge in [-0.25, -0.2) is 0 Å². The first kappa shape index (κ1) is 16.8. The molecule has 1 atom stereocenters. The van der Waals surface area contributed by atoms with Gasteiger partial charge in [0.05, 0.1) is 5.56 Å². The normalized spacial score (nSPS) is 18.1. The predicted octanol–water partition coefficient (Wildman–Crippen LogP) is 4.10. The Morgan fingerprint density at radius 2 is 1.91 bits per heavy atom. The molecule has 1 aliphatic heterocycles. The average Bonchev–Trinajstić information content (AvgIpc) is 2.48. The fourth-order valence-electron chi connectivity index (χ4n) is 2.97. The molecule has 1 aliphatic rings. The Kier molecular flexibility index (Phi) is 5.45. The number of hydrogen-bond donors (Lipinski definition) is 1. The highest BCUT2D eigenvalue weighted by molar-refractivity contribution is 5.66. The van der Waals surface area contributed by atoms with Crippen molar-refractivity contribution >= 4 is 5.97 Å². The molecule has 3 nitrogen and oxygen atoms in total. The number of carboxylic acids is 1. The van der Waals surface area contributed by atoms with E-state index in [1.54, 1.807) is 6.07 Å². The van der Waals surface area contributed by atoms with Gasteiger partial charge in [0.1, 0.15) is 0 Å². The van der Waals surface area contributed by atoms with Crippen molar-refractivity contribution in [2.24, 2.45) is 0 Å². The molecule has 1 N–H and O–H groups in total. The van der Waals surface area contributed by atoms with Crippen molar-refractivity contribution < 1.29 is 23.1 Å². The lowest BCUT2D eigenvalue weighted by molar-refractivity contribution is -0.138. The molecule has 0 radical (unpaired) electrons. The molecular weight excluding hydrogens is 295 g/mol. The smallest absolute Gasteiger partial charge is 0.416 e. The SMILES string of the molecule is O=C(O)CCC(c1cccc(C(F)(F)F)c1)N1CCCCC1. The minimum atomic E-state index is -4.38. The number of alkyl halides is 3. The van der Waals surface area contributed by atoms with E-state index in [0.29, 0.717) is 12.0 Å². The second kappa shape index (κ2) is 7.13. The maximum absolute atomic E-state index is 12.9. The highest BCUT2D eigenvalue weighted by Crippen LogP contribution is 2.34. The lowest BCUT2D eigenvalue weighted by Gasteiger charge is -2.35. The molecule has 1 heterocycles. The average molecular weight is 315 g/mol. The van der Waals surface area contributed by atoms with Crippen molar-refractivity contribution in [1.29, 1.82) is 0 Å². The molecule has 1 unspecified atom stereocenters. The fourth-order valence-corrected chi connectivity index (χ4v) is 2.97. The first-order chi connectivity index (χ1) is 10.4. The Morgan fingerprint density at radius 3 is 2.50 bits per heavy atom. The molecule has 0 aliphatic carbocycles. The van der Waals surface area contributed by atoms with Gasteiger partial charge in [0.2, 0.25) is 0 Å². The van der Waals surface area contributed by atoms with Crippen LogP contribution in [0, 0.1) is 0 Å². The van der Waals surface area contributed by atoms with Crippen LogP contribution in [0.4, 0.5) is 13.2 Å². The van der Waals surface area contributed by atoms with Crippen molar-refractivity contribution in [3.05, 3.63) is 35.4 Å². The first-order valence-corrected chi connectivity index (χ1v) is 7.51. The number of nitrogens with zero attached hydrogens (tertiary/aromatic N) is 1. The Bertz CT molecular complexity index is 510. The topological polar surface area (TPSA) is 40.5 Å². The van der Waals surface area contributed by atoms with Gasteiger partial charge in [0.25, 0.3) is 0 Å². The van der Waals surface area contributed by atoms with Gasteiger partial charge in [-0.15, -0.1) is 0 Å². The van der Waals surface area contributed by atoms with Crippen molar-refractivity contribution in [1.82, 2.24) is 4.90 Å². The molecule has 1 fully saturated rings. The molecule has 0 saturated carbocycles. The molecule has 6 heteroatoms. The number of aliphatic carboxylic acids is 1. The van der Waals surface area contributed by atoms with Crippen LogP contribution in [0.5, 0.6) is 0 Å². The maximum Gasteiger partial charge on any atom is 0.416 e. The largest absolute Gasteiger partial charge is 0.481 e. The molecule has 122 valence electrons. The molecule has 1 saturated heterocycles. The zero-order chi connectivity index (χ0) is 16.2. The van der Waals surface area contributed by atoms with Crippen LogP contribution >= 0.6 is 0 Å². The first-order valence-electron chi connectivity index (χ1n) is 7.51. The van der Waals surface area contributed by atoms with E-state index in [-0.39, 0.29) is 12.5 Å². The van der Waals surface area contributed by atoms with Gasteiger partial charge >= 0.3 is 12.1 Å². The summed E-state index contributed by atoms with van der Waals surface area (Å²) in [5, 5.41) is 8.89. The maximum atomic E-state index is 12.9. The number of carboxylic acid groups (broad SMARTS) is 1. The standard InChI is InChI=1S/C16H20F3NO2/c17-16(18,19)13-6-4-5-12(11-13)14(7-8-15(21)22)20-9-2-1-3-10-20/h4-6,11,14H,1-3,7-10H2,(H,21,22). The van der Waals surface area contributed by atoms with E-state index in [1.165, 1.54) is 6.07 Å². The lowest BCUT2D eigenvalue weighted by Crippen LogP contribution is -2.34. The zero-order valence-electron chi connectivity index (χ0n) is 12.3. The molecule has 1 aromatic rings. The van der Waals surface area contributed by atoms with E-state index in [1.807, 2.05) is 0 Å². The number of rotatable bonds is 5. The van der Waals surface area contributed by atoms with Gasteiger partial charge in [-0.2, -0.15) is 13.2 Å². The quantitative estimate of drug-likeness (QED) is 0.889. The van der Waals surface area contributed by atoms with Gasteiger partial charge < -0.3 is 5.11 Å². The lowest BCUT2D eigenvalue weighted by atomic mass is 9.96. The third-order valence-electron chi connectivity index (χ3n) is 4.06. The molecule has 0 spiro atoms. The van der Waals surface area contributed by atoms with E-state index < -0.39 is 17.7 Å². The van der Waals surface area contributed by atoms with Crippen LogP contribution in [0.3, 0.4) is 0 Å². The summed E-state index contributed by atoms with van der Waals surface area (Å²) in [7, 11) is 0. The molecule has 0 amide bonds. The Labute approximate surface area is 127 Å². The minimum Gasteiger partial charge on any atom is -0.481 e. The summed E-state index contributed by atoms with van der Waals surface area (Å²) in [6.45, 7) is 1.61. The monoisotopic (exact) mass is 315 g/mol. The second-order valence-corrected chi connectivity index (χ2v) is 5.67. The van der Waals surface area contributed by atoms with Gasteiger partial charge in [-0.05, 0) is 50.0 Å². The van der Waals surface area contributed by atoms with Gasteiger partial charge in [0.15, 0.2) is 0 Å². The summed E-state index contributed by atoms with van der Waals surface area (Å²) in [5.41, 5.74) is -0.125. The van der Waals surface area contributed by atoms with E-state index in [0.717, 1.165) is 44.5 Å². The van der Waals surface area contributed by atoms with Crippen molar-refractivity contribution in [3.8, 4) is 0 Å². The highest BCUT2D eigenvalue weighted by Gasteiger charge is 2.32. The summed E-state index contributed by atoms with van der Waals surface area (Å²) >= 11 is 0. The van der Waals surface area contributed by atoms with Crippen LogP contribution < -0.4 is 0 Å².